The molecule has 1 aromatic carbocycles. The van der Waals surface area contributed by atoms with Gasteiger partial charge in [0.25, 0.3) is 0 Å². The van der Waals surface area contributed by atoms with Crippen LogP contribution in [0.4, 0.5) is 5.69 Å². The lowest BCUT2D eigenvalue weighted by atomic mass is 10.2. The molecule has 0 saturated heterocycles. The quantitative estimate of drug-likeness (QED) is 0.488. The van der Waals surface area contributed by atoms with E-state index in [1.54, 1.807) is 6.92 Å². The van der Waals surface area contributed by atoms with E-state index in [2.05, 4.69) is 6.07 Å². The van der Waals surface area contributed by atoms with Gasteiger partial charge in [-0.15, -0.1) is 0 Å². The van der Waals surface area contributed by atoms with Gasteiger partial charge < -0.3 is 5.11 Å². The lowest BCUT2D eigenvalue weighted by Crippen LogP contribution is -1.88. The van der Waals surface area contributed by atoms with Crippen molar-refractivity contribution in [2.45, 2.75) is 6.92 Å². The number of phenolic OH excluding ortho intramolecular Hbond substituents is 1. The SMILES string of the molecule is Cc1c[c]c(O)c([N+](=O)[O-])c1. The normalized spacial score (nSPS) is 9.55. The van der Waals surface area contributed by atoms with Crippen molar-refractivity contribution < 1.29 is 10.0 Å². The Kier molecular flexibility index (Phi) is 1.76. The van der Waals surface area contributed by atoms with Gasteiger partial charge in [-0.1, -0.05) is 0 Å². The highest BCUT2D eigenvalue weighted by Gasteiger charge is 2.11. The fraction of sp³-hybridized carbons (Fsp3) is 0.143. The van der Waals surface area contributed by atoms with E-state index >= 15 is 0 Å². The maximum atomic E-state index is 10.2. The maximum absolute atomic E-state index is 10.2. The molecule has 0 aliphatic rings. The number of hydrogen-bond donors (Lipinski definition) is 1. The van der Waals surface area contributed by atoms with Gasteiger partial charge in [-0.3, -0.25) is 10.1 Å². The Morgan fingerprint density at radius 3 is 2.82 bits per heavy atom. The average molecular weight is 152 g/mol. The molecule has 0 amide bonds. The first kappa shape index (κ1) is 7.53. The van der Waals surface area contributed by atoms with Crippen LogP contribution in [0.25, 0.3) is 0 Å². The molecule has 0 unspecified atom stereocenters. The molecule has 0 bridgehead atoms. The van der Waals surface area contributed by atoms with E-state index in [9.17, 15) is 10.1 Å². The van der Waals surface area contributed by atoms with Crippen molar-refractivity contribution in [3.8, 4) is 5.75 Å². The summed E-state index contributed by atoms with van der Waals surface area (Å²) < 4.78 is 0. The lowest BCUT2D eigenvalue weighted by molar-refractivity contribution is -0.385. The molecule has 0 aromatic heterocycles. The van der Waals surface area contributed by atoms with Crippen molar-refractivity contribution in [2.75, 3.05) is 0 Å². The van der Waals surface area contributed by atoms with Crippen LogP contribution in [-0.4, -0.2) is 10.0 Å². The second-order valence-electron chi connectivity index (χ2n) is 2.17. The minimum atomic E-state index is -0.640. The molecule has 0 fully saturated rings. The summed E-state index contributed by atoms with van der Waals surface area (Å²) in [6.45, 7) is 1.70. The van der Waals surface area contributed by atoms with Crippen molar-refractivity contribution in [2.24, 2.45) is 0 Å². The van der Waals surface area contributed by atoms with Crippen molar-refractivity contribution in [3.05, 3.63) is 33.9 Å². The van der Waals surface area contributed by atoms with Crippen molar-refractivity contribution in [3.63, 3.8) is 0 Å². The van der Waals surface area contributed by atoms with Gasteiger partial charge in [-0.2, -0.15) is 0 Å². The fourth-order valence-corrected chi connectivity index (χ4v) is 0.721. The van der Waals surface area contributed by atoms with Gasteiger partial charge >= 0.3 is 5.69 Å². The van der Waals surface area contributed by atoms with Crippen LogP contribution in [-0.2, 0) is 0 Å². The standard InChI is InChI=1S/C7H6NO3/c1-5-2-3-7(9)6(4-5)8(10)11/h2,4,9H,1H3. The molecule has 1 radical (unpaired) electrons. The minimum Gasteiger partial charge on any atom is -0.502 e. The summed E-state index contributed by atoms with van der Waals surface area (Å²) in [5.74, 6) is -0.416. The predicted molar refractivity (Wildman–Crippen MR) is 38.3 cm³/mol. The molecule has 0 saturated carbocycles. The molecule has 1 rings (SSSR count). The lowest BCUT2D eigenvalue weighted by Gasteiger charge is -1.94. The third-order valence-electron chi connectivity index (χ3n) is 1.24. The van der Waals surface area contributed by atoms with E-state index in [4.69, 9.17) is 5.11 Å². The first-order valence-corrected chi connectivity index (χ1v) is 2.97. The van der Waals surface area contributed by atoms with E-state index in [1.807, 2.05) is 0 Å². The highest BCUT2D eigenvalue weighted by Crippen LogP contribution is 2.24. The Labute approximate surface area is 63.2 Å². The predicted octanol–water partition coefficient (Wildman–Crippen LogP) is 1.41. The molecule has 4 nitrogen and oxygen atoms in total. The van der Waals surface area contributed by atoms with Crippen LogP contribution < -0.4 is 0 Å². The van der Waals surface area contributed by atoms with Crippen LogP contribution in [0.15, 0.2) is 12.1 Å². The summed E-state index contributed by atoms with van der Waals surface area (Å²) in [5, 5.41) is 19.1. The van der Waals surface area contributed by atoms with Gasteiger partial charge in [-0.05, 0) is 18.6 Å². The number of nitrogens with zero attached hydrogens (tertiary/aromatic N) is 1. The number of nitro groups is 1. The van der Waals surface area contributed by atoms with E-state index in [0.29, 0.717) is 5.56 Å². The second kappa shape index (κ2) is 2.57. The van der Waals surface area contributed by atoms with Gasteiger partial charge in [0.1, 0.15) is 0 Å². The molecule has 11 heavy (non-hydrogen) atoms. The van der Waals surface area contributed by atoms with Crippen LogP contribution in [0.1, 0.15) is 5.56 Å². The molecular formula is C7H6NO3. The van der Waals surface area contributed by atoms with Crippen molar-refractivity contribution in [1.82, 2.24) is 0 Å². The molecule has 0 atom stereocenters. The van der Waals surface area contributed by atoms with Gasteiger partial charge in [0.15, 0.2) is 0 Å². The Balaban J connectivity index is 3.23. The monoisotopic (exact) mass is 152 g/mol. The summed E-state index contributed by atoms with van der Waals surface area (Å²) >= 11 is 0. The van der Waals surface area contributed by atoms with E-state index in [0.717, 1.165) is 0 Å². The molecule has 4 heteroatoms. The van der Waals surface area contributed by atoms with Crippen molar-refractivity contribution >= 4 is 5.69 Å². The zero-order valence-electron chi connectivity index (χ0n) is 5.87. The van der Waals surface area contributed by atoms with E-state index in [1.165, 1.54) is 12.1 Å². The number of benzene rings is 1. The molecule has 57 valence electrons. The molecule has 0 aliphatic heterocycles. The third-order valence-corrected chi connectivity index (χ3v) is 1.24. The van der Waals surface area contributed by atoms with Crippen LogP contribution in [0.5, 0.6) is 5.75 Å². The number of aryl methyl sites for hydroxylation is 1. The van der Waals surface area contributed by atoms with E-state index < -0.39 is 10.7 Å². The Morgan fingerprint density at radius 2 is 2.36 bits per heavy atom. The largest absolute Gasteiger partial charge is 0.502 e. The molecular weight excluding hydrogens is 146 g/mol. The highest BCUT2D eigenvalue weighted by molar-refractivity contribution is 5.46. The van der Waals surface area contributed by atoms with Crippen LogP contribution in [0.3, 0.4) is 0 Å². The molecule has 0 spiro atoms. The van der Waals surface area contributed by atoms with Crippen LogP contribution >= 0.6 is 0 Å². The Morgan fingerprint density at radius 1 is 1.73 bits per heavy atom. The Bertz CT molecular complexity index is 296. The van der Waals surface area contributed by atoms with E-state index in [-0.39, 0.29) is 5.69 Å². The average Bonchev–Trinajstić information content (AvgIpc) is 1.94. The molecule has 1 aromatic rings. The fourth-order valence-electron chi connectivity index (χ4n) is 0.721. The van der Waals surface area contributed by atoms with Crippen molar-refractivity contribution in [1.29, 1.82) is 0 Å². The number of aromatic hydroxyl groups is 1. The smallest absolute Gasteiger partial charge is 0.311 e. The first-order chi connectivity index (χ1) is 5.11. The first-order valence-electron chi connectivity index (χ1n) is 2.97. The van der Waals surface area contributed by atoms with Gasteiger partial charge in [0, 0.05) is 12.1 Å². The second-order valence-corrected chi connectivity index (χ2v) is 2.17. The number of nitro benzene ring substituents is 1. The third kappa shape index (κ3) is 1.46. The van der Waals surface area contributed by atoms with Gasteiger partial charge in [0.05, 0.1) is 4.92 Å². The summed E-state index contributed by atoms with van der Waals surface area (Å²) in [6, 6.07) is 5.15. The minimum absolute atomic E-state index is 0.301. The maximum Gasteiger partial charge on any atom is 0.311 e. The molecule has 0 aliphatic carbocycles. The summed E-state index contributed by atoms with van der Waals surface area (Å²) in [6.07, 6.45) is 0. The van der Waals surface area contributed by atoms with Gasteiger partial charge in [-0.25, -0.2) is 0 Å². The summed E-state index contributed by atoms with van der Waals surface area (Å²) in [5.41, 5.74) is 0.402. The molecule has 0 heterocycles. The topological polar surface area (TPSA) is 63.4 Å². The Hall–Kier alpha value is -1.58. The van der Waals surface area contributed by atoms with Crippen LogP contribution in [0, 0.1) is 23.1 Å². The summed E-state index contributed by atoms with van der Waals surface area (Å²) in [7, 11) is 0. The van der Waals surface area contributed by atoms with Gasteiger partial charge in [0.2, 0.25) is 5.75 Å². The zero-order valence-corrected chi connectivity index (χ0v) is 5.87. The number of hydrogen-bond acceptors (Lipinski definition) is 3. The van der Waals surface area contributed by atoms with Crippen LogP contribution in [0.2, 0.25) is 0 Å². The zero-order chi connectivity index (χ0) is 8.43. The molecule has 1 N–H and O–H groups in total. The summed E-state index contributed by atoms with van der Waals surface area (Å²) in [4.78, 5) is 9.56. The number of phenols is 1. The highest BCUT2D eigenvalue weighted by atomic mass is 16.6. The number of rotatable bonds is 1.